The van der Waals surface area contributed by atoms with Gasteiger partial charge < -0.3 is 4.74 Å². The van der Waals surface area contributed by atoms with E-state index in [0.717, 1.165) is 36.3 Å². The molecule has 0 atom stereocenters. The van der Waals surface area contributed by atoms with Crippen molar-refractivity contribution in [1.82, 2.24) is 0 Å². The molecule has 0 spiro atoms. The summed E-state index contributed by atoms with van der Waals surface area (Å²) in [5.74, 6) is 2.85. The van der Waals surface area contributed by atoms with E-state index in [0.29, 0.717) is 0 Å². The zero-order chi connectivity index (χ0) is 16.3. The molecule has 1 aliphatic carbocycles. The maximum Gasteiger partial charge on any atom is 0.119 e. The van der Waals surface area contributed by atoms with Gasteiger partial charge in [0.25, 0.3) is 0 Å². The summed E-state index contributed by atoms with van der Waals surface area (Å²) in [4.78, 5) is 3.94. The number of thiocarbonyl (C=S) groups is 1. The summed E-state index contributed by atoms with van der Waals surface area (Å²) in [7, 11) is 0. The quantitative estimate of drug-likeness (QED) is 0.290. The second kappa shape index (κ2) is 10.6. The van der Waals surface area contributed by atoms with Gasteiger partial charge in [-0.15, -0.1) is 0 Å². The first-order valence-electron chi connectivity index (χ1n) is 9.12. The van der Waals surface area contributed by atoms with Crippen LogP contribution in [0.15, 0.2) is 29.3 Å². The molecule has 0 saturated heterocycles. The SMILES string of the molecule is CCCCC1CCC(CCCOc2ccc(N=C=S)cc2)CC1. The summed E-state index contributed by atoms with van der Waals surface area (Å²) in [6, 6.07) is 7.72. The Morgan fingerprint density at radius 1 is 1.04 bits per heavy atom. The average molecular weight is 332 g/mol. The van der Waals surface area contributed by atoms with Crippen molar-refractivity contribution in [2.45, 2.75) is 64.7 Å². The van der Waals surface area contributed by atoms with Crippen molar-refractivity contribution in [1.29, 1.82) is 0 Å². The van der Waals surface area contributed by atoms with Crippen molar-refractivity contribution in [3.8, 4) is 5.75 Å². The lowest BCUT2D eigenvalue weighted by atomic mass is 9.78. The Kier molecular flexibility index (Phi) is 8.35. The first kappa shape index (κ1) is 18.2. The molecule has 0 unspecified atom stereocenters. The molecule has 0 bridgehead atoms. The monoisotopic (exact) mass is 331 g/mol. The van der Waals surface area contributed by atoms with Gasteiger partial charge in [0, 0.05) is 0 Å². The van der Waals surface area contributed by atoms with Crippen LogP contribution in [0.2, 0.25) is 0 Å². The fourth-order valence-corrected chi connectivity index (χ4v) is 3.64. The highest BCUT2D eigenvalue weighted by atomic mass is 32.1. The van der Waals surface area contributed by atoms with Gasteiger partial charge in [0.15, 0.2) is 0 Å². The predicted molar refractivity (Wildman–Crippen MR) is 101 cm³/mol. The van der Waals surface area contributed by atoms with E-state index in [1.165, 1.54) is 51.4 Å². The first-order chi connectivity index (χ1) is 11.3. The number of nitrogens with zero attached hydrogens (tertiary/aromatic N) is 1. The fourth-order valence-electron chi connectivity index (χ4n) is 3.53. The molecule has 23 heavy (non-hydrogen) atoms. The van der Waals surface area contributed by atoms with Crippen LogP contribution >= 0.6 is 12.2 Å². The third-order valence-electron chi connectivity index (χ3n) is 4.97. The third kappa shape index (κ3) is 6.85. The van der Waals surface area contributed by atoms with Crippen molar-refractivity contribution in [3.63, 3.8) is 0 Å². The molecule has 2 nitrogen and oxygen atoms in total. The van der Waals surface area contributed by atoms with Crippen LogP contribution < -0.4 is 4.74 Å². The average Bonchev–Trinajstić information content (AvgIpc) is 2.59. The summed E-state index contributed by atoms with van der Waals surface area (Å²) in [5.41, 5.74) is 0.826. The van der Waals surface area contributed by atoms with E-state index in [1.807, 2.05) is 24.3 Å². The lowest BCUT2D eigenvalue weighted by Gasteiger charge is -2.28. The van der Waals surface area contributed by atoms with Gasteiger partial charge >= 0.3 is 0 Å². The van der Waals surface area contributed by atoms with Crippen LogP contribution in [-0.4, -0.2) is 11.8 Å². The molecule has 0 amide bonds. The standard InChI is InChI=1S/C20H29NOS/c1-2-3-5-17-7-9-18(10-8-17)6-4-15-22-20-13-11-19(12-14-20)21-16-23/h11-14,17-18H,2-10,15H2,1H3. The van der Waals surface area contributed by atoms with Gasteiger partial charge in [0.2, 0.25) is 0 Å². The minimum Gasteiger partial charge on any atom is -0.494 e. The molecule has 0 heterocycles. The molecule has 0 aliphatic heterocycles. The van der Waals surface area contributed by atoms with E-state index >= 15 is 0 Å². The van der Waals surface area contributed by atoms with Crippen LogP contribution in [0.3, 0.4) is 0 Å². The Bertz CT molecular complexity index is 485. The number of unbranched alkanes of at least 4 members (excludes halogenated alkanes) is 1. The predicted octanol–water partition coefficient (Wildman–Crippen LogP) is 6.58. The van der Waals surface area contributed by atoms with Gasteiger partial charge in [0.05, 0.1) is 17.5 Å². The maximum atomic E-state index is 5.82. The van der Waals surface area contributed by atoms with Gasteiger partial charge in [-0.3, -0.25) is 0 Å². The molecule has 0 N–H and O–H groups in total. The fraction of sp³-hybridized carbons (Fsp3) is 0.650. The Balaban J connectivity index is 1.58. The van der Waals surface area contributed by atoms with Crippen LogP contribution in [0.25, 0.3) is 0 Å². The minimum absolute atomic E-state index is 0.811. The van der Waals surface area contributed by atoms with E-state index < -0.39 is 0 Å². The number of aliphatic imine (C=N–C) groups is 1. The molecule has 0 aromatic heterocycles. The Labute approximate surface area is 146 Å². The van der Waals surface area contributed by atoms with Crippen LogP contribution in [0.4, 0.5) is 5.69 Å². The molecular weight excluding hydrogens is 302 g/mol. The summed E-state index contributed by atoms with van der Waals surface area (Å²) < 4.78 is 5.82. The molecule has 1 aromatic rings. The van der Waals surface area contributed by atoms with E-state index in [1.54, 1.807) is 0 Å². The number of rotatable bonds is 9. The van der Waals surface area contributed by atoms with E-state index in [9.17, 15) is 0 Å². The minimum atomic E-state index is 0.811. The van der Waals surface area contributed by atoms with Gasteiger partial charge in [-0.25, -0.2) is 0 Å². The highest BCUT2D eigenvalue weighted by Crippen LogP contribution is 2.34. The normalized spacial score (nSPS) is 20.7. The largest absolute Gasteiger partial charge is 0.494 e. The molecule has 126 valence electrons. The van der Waals surface area contributed by atoms with Crippen LogP contribution in [-0.2, 0) is 0 Å². The topological polar surface area (TPSA) is 21.6 Å². The lowest BCUT2D eigenvalue weighted by molar-refractivity contribution is 0.228. The van der Waals surface area contributed by atoms with Crippen LogP contribution in [0.1, 0.15) is 64.7 Å². The van der Waals surface area contributed by atoms with Crippen molar-refractivity contribution in [3.05, 3.63) is 24.3 Å². The first-order valence-corrected chi connectivity index (χ1v) is 9.53. The van der Waals surface area contributed by atoms with Gasteiger partial charge in [-0.1, -0.05) is 51.9 Å². The summed E-state index contributed by atoms with van der Waals surface area (Å²) in [5, 5.41) is 2.37. The number of ether oxygens (including phenoxy) is 1. The van der Waals surface area contributed by atoms with Crippen LogP contribution in [0.5, 0.6) is 5.75 Å². The molecule has 0 radical (unpaired) electrons. The van der Waals surface area contributed by atoms with E-state index in [2.05, 4.69) is 29.3 Å². The highest BCUT2D eigenvalue weighted by molar-refractivity contribution is 7.78. The smallest absolute Gasteiger partial charge is 0.119 e. The molecule has 3 heteroatoms. The molecule has 1 saturated carbocycles. The van der Waals surface area contributed by atoms with E-state index in [4.69, 9.17) is 4.74 Å². The van der Waals surface area contributed by atoms with Crippen molar-refractivity contribution < 1.29 is 4.74 Å². The number of benzene rings is 1. The van der Waals surface area contributed by atoms with E-state index in [-0.39, 0.29) is 0 Å². The van der Waals surface area contributed by atoms with Gasteiger partial charge in [0.1, 0.15) is 5.75 Å². The Morgan fingerprint density at radius 3 is 2.22 bits per heavy atom. The van der Waals surface area contributed by atoms with Gasteiger partial charge in [-0.05, 0) is 61.2 Å². The zero-order valence-corrected chi connectivity index (χ0v) is 15.1. The van der Waals surface area contributed by atoms with Crippen molar-refractivity contribution in [2.24, 2.45) is 16.8 Å². The molecular formula is C20H29NOS. The Morgan fingerprint density at radius 2 is 1.65 bits per heavy atom. The molecule has 1 aromatic carbocycles. The summed E-state index contributed by atoms with van der Waals surface area (Å²) >= 11 is 4.59. The third-order valence-corrected chi connectivity index (χ3v) is 5.06. The number of isothiocyanates is 1. The summed E-state index contributed by atoms with van der Waals surface area (Å²) in [6.07, 6.45) is 12.4. The van der Waals surface area contributed by atoms with Gasteiger partial charge in [-0.2, -0.15) is 4.99 Å². The zero-order valence-electron chi connectivity index (χ0n) is 14.3. The number of hydrogen-bond acceptors (Lipinski definition) is 3. The second-order valence-corrected chi connectivity index (χ2v) is 6.90. The lowest BCUT2D eigenvalue weighted by Crippen LogP contribution is -2.15. The highest BCUT2D eigenvalue weighted by Gasteiger charge is 2.20. The molecule has 1 fully saturated rings. The van der Waals surface area contributed by atoms with Crippen molar-refractivity contribution in [2.75, 3.05) is 6.61 Å². The van der Waals surface area contributed by atoms with Crippen molar-refractivity contribution >= 4 is 23.1 Å². The molecule has 2 rings (SSSR count). The van der Waals surface area contributed by atoms with Crippen LogP contribution in [0, 0.1) is 11.8 Å². The second-order valence-electron chi connectivity index (χ2n) is 6.72. The number of hydrogen-bond donors (Lipinski definition) is 0. The summed E-state index contributed by atoms with van der Waals surface area (Å²) in [6.45, 7) is 3.11. The molecule has 1 aliphatic rings. The Hall–Kier alpha value is -1.18. The maximum absolute atomic E-state index is 5.82.